The summed E-state index contributed by atoms with van der Waals surface area (Å²) in [4.78, 5) is 44.7. The van der Waals surface area contributed by atoms with Crippen molar-refractivity contribution >= 4 is 29.4 Å². The Morgan fingerprint density at radius 2 is 1.57 bits per heavy atom. The average Bonchev–Trinajstić information content (AvgIpc) is 2.90. The molecule has 0 atom stereocenters. The van der Waals surface area contributed by atoms with Crippen molar-refractivity contribution in [1.29, 1.82) is 0 Å². The van der Waals surface area contributed by atoms with Crippen LogP contribution in [0.15, 0.2) is 36.4 Å². The van der Waals surface area contributed by atoms with Crippen molar-refractivity contribution in [2.45, 2.75) is 25.9 Å². The lowest BCUT2D eigenvalue weighted by Gasteiger charge is -2.38. The highest BCUT2D eigenvalue weighted by Gasteiger charge is 2.42. The monoisotopic (exact) mass is 380 g/mol. The van der Waals surface area contributed by atoms with Crippen LogP contribution in [0.2, 0.25) is 0 Å². The van der Waals surface area contributed by atoms with Gasteiger partial charge in [0.25, 0.3) is 17.7 Å². The van der Waals surface area contributed by atoms with Crippen LogP contribution in [0.25, 0.3) is 0 Å². The molecule has 0 aliphatic carbocycles. The molecular weight excluding hydrogens is 360 g/mol. The number of hydrogen-bond acceptors (Lipinski definition) is 6. The van der Waals surface area contributed by atoms with Crippen LogP contribution in [0.3, 0.4) is 0 Å². The molecule has 0 saturated heterocycles. The van der Waals surface area contributed by atoms with Crippen LogP contribution in [0.1, 0.15) is 41.0 Å². The van der Waals surface area contributed by atoms with E-state index < -0.39 is 5.60 Å². The Kier molecular flexibility index (Phi) is 4.06. The highest BCUT2D eigenvalue weighted by Crippen LogP contribution is 2.36. The number of amides is 3. The van der Waals surface area contributed by atoms with Gasteiger partial charge in [-0.3, -0.25) is 24.2 Å². The number of aromatic nitrogens is 1. The van der Waals surface area contributed by atoms with Crippen molar-refractivity contribution in [2.75, 3.05) is 23.7 Å². The zero-order valence-corrected chi connectivity index (χ0v) is 15.6. The van der Waals surface area contributed by atoms with E-state index in [1.807, 2.05) is 0 Å². The van der Waals surface area contributed by atoms with Crippen molar-refractivity contribution in [3.05, 3.63) is 47.5 Å². The first kappa shape index (κ1) is 18.0. The number of carbonyl (C=O) groups is 3. The fourth-order valence-corrected chi connectivity index (χ4v) is 3.50. The summed E-state index contributed by atoms with van der Waals surface area (Å²) in [6.07, 6.45) is 0.406. The number of nitrogen functional groups attached to an aromatic ring is 1. The van der Waals surface area contributed by atoms with Crippen LogP contribution in [0.5, 0.6) is 5.75 Å². The number of nitrogens with zero attached hydrogens (tertiary/aromatic N) is 3. The molecule has 8 nitrogen and oxygen atoms in total. The van der Waals surface area contributed by atoms with Gasteiger partial charge in [-0.25, -0.2) is 4.98 Å². The molecule has 8 heteroatoms. The summed E-state index contributed by atoms with van der Waals surface area (Å²) < 4.78 is 5.75. The molecule has 0 bridgehead atoms. The number of pyridine rings is 1. The van der Waals surface area contributed by atoms with Crippen LogP contribution in [0.4, 0.5) is 11.6 Å². The predicted molar refractivity (Wildman–Crippen MR) is 102 cm³/mol. The Hall–Kier alpha value is -3.42. The summed E-state index contributed by atoms with van der Waals surface area (Å²) in [5.74, 6) is 0.237. The highest BCUT2D eigenvalue weighted by molar-refractivity contribution is 6.21. The molecule has 28 heavy (non-hydrogen) atoms. The lowest BCUT2D eigenvalue weighted by atomic mass is 10.1. The Morgan fingerprint density at radius 1 is 0.964 bits per heavy atom. The molecule has 1 aromatic heterocycles. The normalized spacial score (nSPS) is 17.4. The summed E-state index contributed by atoms with van der Waals surface area (Å²) in [5.41, 5.74) is 5.55. The third-order valence-corrected chi connectivity index (χ3v) is 4.88. The molecule has 0 radical (unpaired) electrons. The molecular formula is C20H20N4O4. The van der Waals surface area contributed by atoms with E-state index in [1.54, 1.807) is 50.2 Å². The quantitative estimate of drug-likeness (QED) is 0.812. The Labute approximate surface area is 161 Å². The SMILES string of the molecule is CC1(C)Oc2ccc(N)nc2N(CCCN2C(=O)c3ccccc3C2=O)C1=O. The minimum absolute atomic E-state index is 0.203. The molecule has 4 rings (SSSR count). The predicted octanol–water partition coefficient (Wildman–Crippen LogP) is 1.85. The van der Waals surface area contributed by atoms with Crippen LogP contribution in [-0.4, -0.2) is 46.3 Å². The first-order valence-electron chi connectivity index (χ1n) is 9.02. The maximum absolute atomic E-state index is 12.8. The van der Waals surface area contributed by atoms with Crippen molar-refractivity contribution < 1.29 is 19.1 Å². The minimum atomic E-state index is -1.04. The number of benzene rings is 1. The lowest BCUT2D eigenvalue weighted by molar-refractivity contribution is -0.132. The Morgan fingerprint density at radius 3 is 2.21 bits per heavy atom. The molecule has 3 amide bonds. The zero-order valence-electron chi connectivity index (χ0n) is 15.6. The van der Waals surface area contributed by atoms with Gasteiger partial charge in [-0.05, 0) is 44.5 Å². The van der Waals surface area contributed by atoms with Gasteiger partial charge in [-0.15, -0.1) is 0 Å². The summed E-state index contributed by atoms with van der Waals surface area (Å²) in [7, 11) is 0. The van der Waals surface area contributed by atoms with Crippen LogP contribution in [-0.2, 0) is 4.79 Å². The van der Waals surface area contributed by atoms with Gasteiger partial charge in [0.15, 0.2) is 17.2 Å². The van der Waals surface area contributed by atoms with E-state index in [1.165, 1.54) is 9.80 Å². The lowest BCUT2D eigenvalue weighted by Crippen LogP contribution is -2.53. The molecule has 3 heterocycles. The molecule has 2 aromatic rings. The second-order valence-electron chi connectivity index (χ2n) is 7.29. The van der Waals surface area contributed by atoms with Gasteiger partial charge in [-0.1, -0.05) is 12.1 Å². The maximum atomic E-state index is 12.8. The standard InChI is InChI=1S/C20H20N4O4/c1-20(2)19(27)23(16-14(28-20)8-9-15(21)22-16)10-5-11-24-17(25)12-6-3-4-7-13(12)18(24)26/h3-4,6-9H,5,10-11H2,1-2H3,(H2,21,22). The molecule has 144 valence electrons. The molecule has 2 aliphatic rings. The first-order chi connectivity index (χ1) is 13.3. The largest absolute Gasteiger partial charge is 0.474 e. The van der Waals surface area contributed by atoms with E-state index >= 15 is 0 Å². The van der Waals surface area contributed by atoms with E-state index in [0.29, 0.717) is 29.1 Å². The van der Waals surface area contributed by atoms with Gasteiger partial charge in [0.05, 0.1) is 11.1 Å². The Balaban J connectivity index is 1.51. The molecule has 0 fully saturated rings. The van der Waals surface area contributed by atoms with Gasteiger partial charge in [0, 0.05) is 13.1 Å². The van der Waals surface area contributed by atoms with E-state index in [2.05, 4.69) is 4.98 Å². The van der Waals surface area contributed by atoms with E-state index in [9.17, 15) is 14.4 Å². The molecule has 2 N–H and O–H groups in total. The minimum Gasteiger partial charge on any atom is -0.474 e. The third kappa shape index (κ3) is 2.77. The fourth-order valence-electron chi connectivity index (χ4n) is 3.50. The summed E-state index contributed by atoms with van der Waals surface area (Å²) in [6, 6.07) is 10.0. The maximum Gasteiger partial charge on any atom is 0.271 e. The fraction of sp³-hybridized carbons (Fsp3) is 0.300. The van der Waals surface area contributed by atoms with Gasteiger partial charge in [0.1, 0.15) is 5.82 Å². The second kappa shape index (κ2) is 6.33. The summed E-state index contributed by atoms with van der Waals surface area (Å²) in [6.45, 7) is 3.86. The van der Waals surface area contributed by atoms with Gasteiger partial charge in [0.2, 0.25) is 0 Å². The Bertz CT molecular complexity index is 966. The van der Waals surface area contributed by atoms with Crippen molar-refractivity contribution in [3.8, 4) is 5.75 Å². The average molecular weight is 380 g/mol. The number of rotatable bonds is 4. The van der Waals surface area contributed by atoms with Crippen molar-refractivity contribution in [1.82, 2.24) is 9.88 Å². The number of carbonyl (C=O) groups excluding carboxylic acids is 3. The summed E-state index contributed by atoms with van der Waals surface area (Å²) in [5, 5.41) is 0. The number of anilines is 2. The number of hydrogen-bond donors (Lipinski definition) is 1. The smallest absolute Gasteiger partial charge is 0.271 e. The number of nitrogens with two attached hydrogens (primary N) is 1. The number of fused-ring (bicyclic) bond motifs is 2. The van der Waals surface area contributed by atoms with E-state index in [4.69, 9.17) is 10.5 Å². The van der Waals surface area contributed by atoms with Gasteiger partial charge in [-0.2, -0.15) is 0 Å². The van der Waals surface area contributed by atoms with Gasteiger partial charge >= 0.3 is 0 Å². The molecule has 1 aromatic carbocycles. The highest BCUT2D eigenvalue weighted by atomic mass is 16.5. The third-order valence-electron chi connectivity index (χ3n) is 4.88. The van der Waals surface area contributed by atoms with E-state index in [-0.39, 0.29) is 36.6 Å². The molecule has 2 aliphatic heterocycles. The second-order valence-corrected chi connectivity index (χ2v) is 7.29. The van der Waals surface area contributed by atoms with Crippen molar-refractivity contribution in [3.63, 3.8) is 0 Å². The number of imide groups is 1. The molecule has 0 unspecified atom stereocenters. The summed E-state index contributed by atoms with van der Waals surface area (Å²) >= 11 is 0. The van der Waals surface area contributed by atoms with Crippen LogP contribution >= 0.6 is 0 Å². The molecule has 0 saturated carbocycles. The molecule has 0 spiro atoms. The zero-order chi connectivity index (χ0) is 20.1. The van der Waals surface area contributed by atoms with Crippen molar-refractivity contribution in [2.24, 2.45) is 0 Å². The number of ether oxygens (including phenoxy) is 1. The topological polar surface area (TPSA) is 106 Å². The van der Waals surface area contributed by atoms with Crippen LogP contribution < -0.4 is 15.4 Å². The van der Waals surface area contributed by atoms with E-state index in [0.717, 1.165) is 0 Å². The first-order valence-corrected chi connectivity index (χ1v) is 9.02. The van der Waals surface area contributed by atoms with Crippen LogP contribution in [0, 0.1) is 0 Å². The van der Waals surface area contributed by atoms with Gasteiger partial charge < -0.3 is 10.5 Å².